The standard InChI is InChI=1S/C16H24F3N/c1-5-9-20-10-8-15(3,4)14-7-6-13(11-12(14)2)16(17,18)19/h6-7,11,20H,5,8-10H2,1-4H3. The summed E-state index contributed by atoms with van der Waals surface area (Å²) in [6, 6.07) is 4.05. The third kappa shape index (κ3) is 4.51. The van der Waals surface area contributed by atoms with E-state index in [0.29, 0.717) is 5.56 Å². The summed E-state index contributed by atoms with van der Waals surface area (Å²) in [6.45, 7) is 9.87. The first kappa shape index (κ1) is 17.0. The zero-order valence-electron chi connectivity index (χ0n) is 12.7. The van der Waals surface area contributed by atoms with Gasteiger partial charge in [-0.1, -0.05) is 26.8 Å². The van der Waals surface area contributed by atoms with Gasteiger partial charge in [-0.3, -0.25) is 0 Å². The molecule has 1 nitrogen and oxygen atoms in total. The van der Waals surface area contributed by atoms with Gasteiger partial charge in [-0.2, -0.15) is 13.2 Å². The molecule has 1 rings (SSSR count). The minimum absolute atomic E-state index is 0.130. The highest BCUT2D eigenvalue weighted by Crippen LogP contribution is 2.34. The average Bonchev–Trinajstić information content (AvgIpc) is 2.33. The monoisotopic (exact) mass is 287 g/mol. The predicted molar refractivity (Wildman–Crippen MR) is 77.0 cm³/mol. The average molecular weight is 287 g/mol. The van der Waals surface area contributed by atoms with Gasteiger partial charge in [0.15, 0.2) is 0 Å². The second-order valence-corrected chi connectivity index (χ2v) is 5.91. The summed E-state index contributed by atoms with van der Waals surface area (Å²) in [5, 5.41) is 3.34. The summed E-state index contributed by atoms with van der Waals surface area (Å²) >= 11 is 0. The molecule has 0 saturated carbocycles. The van der Waals surface area contributed by atoms with Gasteiger partial charge in [-0.15, -0.1) is 0 Å². The molecule has 0 aliphatic carbocycles. The Morgan fingerprint density at radius 2 is 1.75 bits per heavy atom. The Bertz CT molecular complexity index is 436. The van der Waals surface area contributed by atoms with Crippen molar-refractivity contribution in [3.05, 3.63) is 34.9 Å². The summed E-state index contributed by atoms with van der Waals surface area (Å²) in [5.74, 6) is 0. The lowest BCUT2D eigenvalue weighted by Crippen LogP contribution is -2.26. The molecule has 114 valence electrons. The quantitative estimate of drug-likeness (QED) is 0.749. The van der Waals surface area contributed by atoms with Crippen LogP contribution in [0.3, 0.4) is 0 Å². The third-order valence-corrected chi connectivity index (χ3v) is 3.64. The maximum atomic E-state index is 12.7. The van der Waals surface area contributed by atoms with E-state index >= 15 is 0 Å². The lowest BCUT2D eigenvalue weighted by atomic mass is 9.79. The fraction of sp³-hybridized carbons (Fsp3) is 0.625. The van der Waals surface area contributed by atoms with E-state index in [9.17, 15) is 13.2 Å². The number of benzene rings is 1. The molecule has 0 spiro atoms. The van der Waals surface area contributed by atoms with Crippen LogP contribution in [0.25, 0.3) is 0 Å². The molecule has 20 heavy (non-hydrogen) atoms. The lowest BCUT2D eigenvalue weighted by molar-refractivity contribution is -0.137. The second-order valence-electron chi connectivity index (χ2n) is 5.91. The largest absolute Gasteiger partial charge is 0.416 e. The molecular weight excluding hydrogens is 263 g/mol. The second kappa shape index (κ2) is 6.61. The van der Waals surface area contributed by atoms with Crippen LogP contribution in [0.15, 0.2) is 18.2 Å². The molecular formula is C16H24F3N. The van der Waals surface area contributed by atoms with Gasteiger partial charge in [0.25, 0.3) is 0 Å². The van der Waals surface area contributed by atoms with E-state index in [1.807, 2.05) is 0 Å². The molecule has 0 unspecified atom stereocenters. The Labute approximate surface area is 119 Å². The van der Waals surface area contributed by atoms with Crippen molar-refractivity contribution >= 4 is 0 Å². The maximum absolute atomic E-state index is 12.7. The summed E-state index contributed by atoms with van der Waals surface area (Å²) < 4.78 is 38.0. The van der Waals surface area contributed by atoms with Crippen LogP contribution in [0.1, 0.15) is 50.3 Å². The van der Waals surface area contributed by atoms with Crippen molar-refractivity contribution in [2.45, 2.75) is 52.1 Å². The molecule has 4 heteroatoms. The highest BCUT2D eigenvalue weighted by atomic mass is 19.4. The van der Waals surface area contributed by atoms with Crippen LogP contribution in [0, 0.1) is 6.92 Å². The minimum atomic E-state index is -4.27. The van der Waals surface area contributed by atoms with Crippen molar-refractivity contribution in [1.29, 1.82) is 0 Å². The van der Waals surface area contributed by atoms with Crippen LogP contribution in [0.4, 0.5) is 13.2 Å². The number of alkyl halides is 3. The Hall–Kier alpha value is -1.03. The van der Waals surface area contributed by atoms with Gasteiger partial charge in [-0.05, 0) is 61.5 Å². The number of aryl methyl sites for hydroxylation is 1. The number of hydrogen-bond donors (Lipinski definition) is 1. The Morgan fingerprint density at radius 1 is 1.10 bits per heavy atom. The van der Waals surface area contributed by atoms with E-state index in [2.05, 4.69) is 26.1 Å². The summed E-state index contributed by atoms with van der Waals surface area (Å²) in [5.41, 5.74) is 0.998. The van der Waals surface area contributed by atoms with E-state index in [4.69, 9.17) is 0 Å². The maximum Gasteiger partial charge on any atom is 0.416 e. The van der Waals surface area contributed by atoms with Crippen LogP contribution >= 0.6 is 0 Å². The normalized spacial score (nSPS) is 12.8. The van der Waals surface area contributed by atoms with Crippen molar-refractivity contribution < 1.29 is 13.2 Å². The molecule has 0 bridgehead atoms. The zero-order chi connectivity index (χ0) is 15.4. The number of halogens is 3. The molecule has 0 heterocycles. The van der Waals surface area contributed by atoms with E-state index < -0.39 is 11.7 Å². The molecule has 0 atom stereocenters. The number of hydrogen-bond acceptors (Lipinski definition) is 1. The van der Waals surface area contributed by atoms with Crippen LogP contribution in [0.5, 0.6) is 0 Å². The molecule has 0 fully saturated rings. The van der Waals surface area contributed by atoms with E-state index in [0.717, 1.165) is 31.5 Å². The molecule has 0 saturated heterocycles. The molecule has 0 aliphatic rings. The third-order valence-electron chi connectivity index (χ3n) is 3.64. The summed E-state index contributed by atoms with van der Waals surface area (Å²) in [4.78, 5) is 0. The van der Waals surface area contributed by atoms with E-state index in [-0.39, 0.29) is 5.41 Å². The van der Waals surface area contributed by atoms with Crippen molar-refractivity contribution in [1.82, 2.24) is 5.32 Å². The van der Waals surface area contributed by atoms with Gasteiger partial charge in [-0.25, -0.2) is 0 Å². The molecule has 1 aromatic carbocycles. The highest BCUT2D eigenvalue weighted by Gasteiger charge is 2.32. The Kier molecular flexibility index (Phi) is 5.63. The Balaban J connectivity index is 2.84. The summed E-state index contributed by atoms with van der Waals surface area (Å²) in [6.07, 6.45) is -2.28. The van der Waals surface area contributed by atoms with Crippen LogP contribution < -0.4 is 5.32 Å². The van der Waals surface area contributed by atoms with Gasteiger partial charge in [0.1, 0.15) is 0 Å². The van der Waals surface area contributed by atoms with Crippen molar-refractivity contribution in [2.75, 3.05) is 13.1 Å². The molecule has 0 aliphatic heterocycles. The fourth-order valence-corrected chi connectivity index (χ4v) is 2.44. The smallest absolute Gasteiger partial charge is 0.317 e. The molecule has 0 radical (unpaired) electrons. The molecule has 0 amide bonds. The van der Waals surface area contributed by atoms with Crippen molar-refractivity contribution in [3.63, 3.8) is 0 Å². The molecule has 0 aromatic heterocycles. The van der Waals surface area contributed by atoms with Gasteiger partial charge < -0.3 is 5.32 Å². The number of nitrogens with one attached hydrogen (secondary N) is 1. The van der Waals surface area contributed by atoms with Crippen molar-refractivity contribution in [2.24, 2.45) is 0 Å². The van der Waals surface area contributed by atoms with Crippen molar-refractivity contribution in [3.8, 4) is 0 Å². The number of rotatable bonds is 6. The highest BCUT2D eigenvalue weighted by molar-refractivity contribution is 5.37. The molecule has 1 aromatic rings. The Morgan fingerprint density at radius 3 is 2.25 bits per heavy atom. The van der Waals surface area contributed by atoms with Crippen LogP contribution in [-0.2, 0) is 11.6 Å². The minimum Gasteiger partial charge on any atom is -0.317 e. The first-order valence-electron chi connectivity index (χ1n) is 7.07. The summed E-state index contributed by atoms with van der Waals surface area (Å²) in [7, 11) is 0. The topological polar surface area (TPSA) is 12.0 Å². The zero-order valence-corrected chi connectivity index (χ0v) is 12.7. The van der Waals surface area contributed by atoms with Crippen LogP contribution in [0.2, 0.25) is 0 Å². The first-order chi connectivity index (χ1) is 9.18. The first-order valence-corrected chi connectivity index (χ1v) is 7.07. The van der Waals surface area contributed by atoms with Crippen LogP contribution in [-0.4, -0.2) is 13.1 Å². The SMILES string of the molecule is CCCNCCC(C)(C)c1ccc(C(F)(F)F)cc1C. The predicted octanol–water partition coefficient (Wildman–Crippen LogP) is 4.68. The van der Waals surface area contributed by atoms with Gasteiger partial charge in [0, 0.05) is 0 Å². The van der Waals surface area contributed by atoms with Gasteiger partial charge in [0.05, 0.1) is 5.56 Å². The lowest BCUT2D eigenvalue weighted by Gasteiger charge is -2.28. The van der Waals surface area contributed by atoms with Gasteiger partial charge >= 0.3 is 6.18 Å². The van der Waals surface area contributed by atoms with E-state index in [1.165, 1.54) is 12.1 Å². The fourth-order valence-electron chi connectivity index (χ4n) is 2.44. The molecule has 1 N–H and O–H groups in total. The van der Waals surface area contributed by atoms with Gasteiger partial charge in [0.2, 0.25) is 0 Å². The van der Waals surface area contributed by atoms with E-state index in [1.54, 1.807) is 13.0 Å².